The van der Waals surface area contributed by atoms with Gasteiger partial charge in [-0.2, -0.15) is 0 Å². The van der Waals surface area contributed by atoms with Gasteiger partial charge >= 0.3 is 0 Å². The van der Waals surface area contributed by atoms with E-state index in [4.69, 9.17) is 10.5 Å². The first kappa shape index (κ1) is 17.8. The van der Waals surface area contributed by atoms with E-state index >= 15 is 0 Å². The lowest BCUT2D eigenvalue weighted by Gasteiger charge is -2.11. The summed E-state index contributed by atoms with van der Waals surface area (Å²) in [6.07, 6.45) is 8.44. The van der Waals surface area contributed by atoms with Crippen molar-refractivity contribution in [3.05, 3.63) is 35.9 Å². The smallest absolute Gasteiger partial charge is 0.193 e. The normalized spacial score (nSPS) is 14.9. The van der Waals surface area contributed by atoms with Crippen LogP contribution in [0.5, 0.6) is 5.75 Å². The maximum absolute atomic E-state index is 5.89. The van der Waals surface area contributed by atoms with Crippen molar-refractivity contribution in [1.29, 1.82) is 0 Å². The number of nitrogens with zero attached hydrogens (tertiary/aromatic N) is 1. The van der Waals surface area contributed by atoms with Gasteiger partial charge in [0.05, 0.1) is 7.11 Å². The molecule has 0 aromatic heterocycles. The number of anilines is 1. The van der Waals surface area contributed by atoms with Gasteiger partial charge in [0.15, 0.2) is 5.96 Å². The van der Waals surface area contributed by atoms with E-state index in [1.165, 1.54) is 31.3 Å². The molecule has 0 fully saturated rings. The molecule has 0 amide bonds. The van der Waals surface area contributed by atoms with E-state index in [0.717, 1.165) is 24.4 Å². The van der Waals surface area contributed by atoms with Crippen LogP contribution in [-0.4, -0.2) is 19.6 Å². The molecule has 0 atom stereocenters. The van der Waals surface area contributed by atoms with Gasteiger partial charge in [0.2, 0.25) is 0 Å². The first-order valence-electron chi connectivity index (χ1n) is 7.17. The highest BCUT2D eigenvalue weighted by atomic mass is 127. The van der Waals surface area contributed by atoms with Crippen molar-refractivity contribution in [2.24, 2.45) is 10.7 Å². The van der Waals surface area contributed by atoms with Crippen LogP contribution in [0.3, 0.4) is 0 Å². The lowest BCUT2D eigenvalue weighted by atomic mass is 9.97. The number of rotatable bonds is 5. The number of allylic oxidation sites excluding steroid dienone is 1. The van der Waals surface area contributed by atoms with Gasteiger partial charge in [0, 0.05) is 18.3 Å². The molecular weight excluding hydrogens is 377 g/mol. The minimum absolute atomic E-state index is 0. The molecule has 21 heavy (non-hydrogen) atoms. The second-order valence-electron chi connectivity index (χ2n) is 4.98. The van der Waals surface area contributed by atoms with Gasteiger partial charge in [-0.15, -0.1) is 24.0 Å². The molecule has 5 heteroatoms. The average Bonchev–Trinajstić information content (AvgIpc) is 2.48. The van der Waals surface area contributed by atoms with E-state index in [2.05, 4.69) is 16.4 Å². The SMILES string of the molecule is COc1cccc(NC(N)=NCCC2=CCCCC2)c1.I. The number of ether oxygens (including phenoxy) is 1. The molecule has 0 aliphatic heterocycles. The number of halogens is 1. The fourth-order valence-electron chi connectivity index (χ4n) is 2.34. The Morgan fingerprint density at radius 1 is 1.38 bits per heavy atom. The summed E-state index contributed by atoms with van der Waals surface area (Å²) in [5.41, 5.74) is 8.31. The summed E-state index contributed by atoms with van der Waals surface area (Å²) in [5.74, 6) is 1.25. The Labute approximate surface area is 143 Å². The molecular formula is C16H24IN3O. The molecule has 0 spiro atoms. The Kier molecular flexibility index (Phi) is 8.19. The van der Waals surface area contributed by atoms with E-state index in [1.54, 1.807) is 7.11 Å². The Hall–Kier alpha value is -1.24. The van der Waals surface area contributed by atoms with E-state index in [9.17, 15) is 0 Å². The highest BCUT2D eigenvalue weighted by Crippen LogP contribution is 2.20. The second-order valence-corrected chi connectivity index (χ2v) is 4.98. The second kappa shape index (κ2) is 9.65. The summed E-state index contributed by atoms with van der Waals surface area (Å²) in [7, 11) is 1.65. The number of hydrogen-bond acceptors (Lipinski definition) is 2. The van der Waals surface area contributed by atoms with Crippen LogP contribution in [0.4, 0.5) is 5.69 Å². The third-order valence-electron chi connectivity index (χ3n) is 3.44. The molecule has 0 saturated carbocycles. The van der Waals surface area contributed by atoms with Gasteiger partial charge in [-0.25, -0.2) is 0 Å². The van der Waals surface area contributed by atoms with Crippen LogP contribution in [0.25, 0.3) is 0 Å². The van der Waals surface area contributed by atoms with Crippen LogP contribution < -0.4 is 15.8 Å². The van der Waals surface area contributed by atoms with Crippen LogP contribution in [-0.2, 0) is 0 Å². The summed E-state index contributed by atoms with van der Waals surface area (Å²) in [6.45, 7) is 0.745. The minimum atomic E-state index is 0. The van der Waals surface area contributed by atoms with Gasteiger partial charge < -0.3 is 15.8 Å². The summed E-state index contributed by atoms with van der Waals surface area (Å²) in [6, 6.07) is 7.65. The number of hydrogen-bond donors (Lipinski definition) is 2. The van der Waals surface area contributed by atoms with Crippen molar-refractivity contribution >= 4 is 35.6 Å². The standard InChI is InChI=1S/C16H23N3O.HI/c1-20-15-9-5-8-14(12-15)19-16(17)18-11-10-13-6-3-2-4-7-13;/h5-6,8-9,12H,2-4,7,10-11H2,1H3,(H3,17,18,19);1H. The van der Waals surface area contributed by atoms with Crippen LogP contribution in [0, 0.1) is 0 Å². The summed E-state index contributed by atoms with van der Waals surface area (Å²) in [4.78, 5) is 4.37. The highest BCUT2D eigenvalue weighted by molar-refractivity contribution is 14.0. The van der Waals surface area contributed by atoms with Crippen molar-refractivity contribution in [3.63, 3.8) is 0 Å². The quantitative estimate of drug-likeness (QED) is 0.340. The minimum Gasteiger partial charge on any atom is -0.497 e. The number of benzene rings is 1. The van der Waals surface area contributed by atoms with Crippen LogP contribution in [0.1, 0.15) is 32.1 Å². The maximum Gasteiger partial charge on any atom is 0.193 e. The van der Waals surface area contributed by atoms with Crippen LogP contribution in [0.15, 0.2) is 40.9 Å². The van der Waals surface area contributed by atoms with Gasteiger partial charge in [-0.1, -0.05) is 17.7 Å². The molecule has 3 N–H and O–H groups in total. The maximum atomic E-state index is 5.89. The van der Waals surface area contributed by atoms with E-state index in [0.29, 0.717) is 5.96 Å². The van der Waals surface area contributed by atoms with E-state index in [-0.39, 0.29) is 24.0 Å². The largest absolute Gasteiger partial charge is 0.497 e. The zero-order chi connectivity index (χ0) is 14.2. The molecule has 1 aliphatic carbocycles. The van der Waals surface area contributed by atoms with E-state index in [1.807, 2.05) is 24.3 Å². The van der Waals surface area contributed by atoms with Gasteiger partial charge in [-0.3, -0.25) is 4.99 Å². The molecule has 0 radical (unpaired) electrons. The molecule has 0 heterocycles. The summed E-state index contributed by atoms with van der Waals surface area (Å²) in [5, 5.41) is 3.08. The molecule has 1 aliphatic rings. The fraction of sp³-hybridized carbons (Fsp3) is 0.438. The summed E-state index contributed by atoms with van der Waals surface area (Å²) >= 11 is 0. The fourth-order valence-corrected chi connectivity index (χ4v) is 2.34. The highest BCUT2D eigenvalue weighted by Gasteiger charge is 2.03. The van der Waals surface area contributed by atoms with Crippen molar-refractivity contribution < 1.29 is 4.74 Å². The molecule has 0 bridgehead atoms. The van der Waals surface area contributed by atoms with Crippen LogP contribution >= 0.6 is 24.0 Å². The molecule has 116 valence electrons. The van der Waals surface area contributed by atoms with Crippen molar-refractivity contribution in [3.8, 4) is 5.75 Å². The van der Waals surface area contributed by atoms with Crippen molar-refractivity contribution in [1.82, 2.24) is 0 Å². The first-order chi connectivity index (χ1) is 9.78. The molecule has 0 unspecified atom stereocenters. The van der Waals surface area contributed by atoms with Crippen molar-refractivity contribution in [2.75, 3.05) is 19.0 Å². The first-order valence-corrected chi connectivity index (χ1v) is 7.17. The Balaban J connectivity index is 0.00000220. The number of guanidine groups is 1. The van der Waals surface area contributed by atoms with Crippen LogP contribution in [0.2, 0.25) is 0 Å². The lowest BCUT2D eigenvalue weighted by molar-refractivity contribution is 0.415. The molecule has 4 nitrogen and oxygen atoms in total. The molecule has 0 saturated heterocycles. The third kappa shape index (κ3) is 6.37. The zero-order valence-electron chi connectivity index (χ0n) is 12.5. The lowest BCUT2D eigenvalue weighted by Crippen LogP contribution is -2.22. The average molecular weight is 401 g/mol. The molecule has 2 rings (SSSR count). The van der Waals surface area contributed by atoms with Gasteiger partial charge in [-0.05, 0) is 44.2 Å². The summed E-state index contributed by atoms with van der Waals surface area (Å²) < 4.78 is 5.17. The van der Waals surface area contributed by atoms with Gasteiger partial charge in [0.25, 0.3) is 0 Å². The Morgan fingerprint density at radius 3 is 2.95 bits per heavy atom. The monoisotopic (exact) mass is 401 g/mol. The van der Waals surface area contributed by atoms with Gasteiger partial charge in [0.1, 0.15) is 5.75 Å². The Bertz CT molecular complexity index is 500. The van der Waals surface area contributed by atoms with E-state index < -0.39 is 0 Å². The van der Waals surface area contributed by atoms with Crippen molar-refractivity contribution in [2.45, 2.75) is 32.1 Å². The zero-order valence-corrected chi connectivity index (χ0v) is 14.8. The molecule has 1 aromatic rings. The molecule has 1 aromatic carbocycles. The predicted octanol–water partition coefficient (Wildman–Crippen LogP) is 3.93. The number of nitrogens with two attached hydrogens (primary N) is 1. The number of nitrogens with one attached hydrogen (secondary N) is 1. The number of methoxy groups -OCH3 is 1. The third-order valence-corrected chi connectivity index (χ3v) is 3.44. The topological polar surface area (TPSA) is 59.6 Å². The number of aliphatic imine (C=N–C) groups is 1. The Morgan fingerprint density at radius 2 is 2.24 bits per heavy atom. The predicted molar refractivity (Wildman–Crippen MR) is 99.7 cm³/mol.